The maximum absolute atomic E-state index is 13.2. The molecule has 1 heterocycles. The zero-order chi connectivity index (χ0) is 22.4. The van der Waals surface area contributed by atoms with Crippen LogP contribution >= 0.6 is 11.6 Å². The van der Waals surface area contributed by atoms with Crippen molar-refractivity contribution < 1.29 is 26.4 Å². The van der Waals surface area contributed by atoms with Gasteiger partial charge in [-0.15, -0.1) is 0 Å². The Morgan fingerprint density at radius 2 is 1.77 bits per heavy atom. The predicted octanol–water partition coefficient (Wildman–Crippen LogP) is 5.44. The van der Waals surface area contributed by atoms with E-state index < -0.39 is 33.4 Å². The molecule has 3 aromatic rings. The van der Waals surface area contributed by atoms with Crippen LogP contribution in [0.3, 0.4) is 0 Å². The van der Waals surface area contributed by atoms with Crippen LogP contribution in [-0.2, 0) is 21.0 Å². The van der Waals surface area contributed by atoms with Crippen molar-refractivity contribution in [3.63, 3.8) is 0 Å². The van der Waals surface area contributed by atoms with Gasteiger partial charge in [-0.25, -0.2) is 8.42 Å². The lowest BCUT2D eigenvalue weighted by Gasteiger charge is -2.19. The van der Waals surface area contributed by atoms with Crippen molar-refractivity contribution in [1.82, 2.24) is 0 Å². The normalized spacial score (nSPS) is 14.8. The first kappa shape index (κ1) is 21.5. The first-order valence-corrected chi connectivity index (χ1v) is 11.1. The number of anilines is 2. The van der Waals surface area contributed by atoms with Gasteiger partial charge in [-0.1, -0.05) is 35.9 Å². The first-order valence-electron chi connectivity index (χ1n) is 9.30. The molecule has 0 saturated heterocycles. The van der Waals surface area contributed by atoms with E-state index in [1.807, 2.05) is 12.1 Å². The molecule has 4 rings (SSSR count). The van der Waals surface area contributed by atoms with Crippen LogP contribution in [0.5, 0.6) is 0 Å². The van der Waals surface area contributed by atoms with Gasteiger partial charge in [0.15, 0.2) is 0 Å². The van der Waals surface area contributed by atoms with Gasteiger partial charge in [-0.05, 0) is 42.1 Å². The van der Waals surface area contributed by atoms with Crippen LogP contribution in [0.15, 0.2) is 59.5 Å². The number of halogens is 4. The van der Waals surface area contributed by atoms with Gasteiger partial charge in [-0.3, -0.25) is 9.10 Å². The highest BCUT2D eigenvalue weighted by Crippen LogP contribution is 2.42. The van der Waals surface area contributed by atoms with E-state index in [1.165, 1.54) is 16.4 Å². The summed E-state index contributed by atoms with van der Waals surface area (Å²) >= 11 is 5.64. The average molecular weight is 469 g/mol. The van der Waals surface area contributed by atoms with Gasteiger partial charge in [0.1, 0.15) is 0 Å². The van der Waals surface area contributed by atoms with Crippen molar-refractivity contribution in [2.24, 2.45) is 0 Å². The summed E-state index contributed by atoms with van der Waals surface area (Å²) in [5, 5.41) is 3.57. The van der Waals surface area contributed by atoms with E-state index >= 15 is 0 Å². The van der Waals surface area contributed by atoms with Gasteiger partial charge >= 0.3 is 6.18 Å². The predicted molar refractivity (Wildman–Crippen MR) is 113 cm³/mol. The number of alkyl halides is 3. The van der Waals surface area contributed by atoms with Gasteiger partial charge in [-0.2, -0.15) is 13.2 Å². The van der Waals surface area contributed by atoms with Crippen LogP contribution in [0.1, 0.15) is 18.4 Å². The van der Waals surface area contributed by atoms with Gasteiger partial charge in [0.2, 0.25) is 5.91 Å². The Kier molecular flexibility index (Phi) is 5.35. The average Bonchev–Trinajstić information content (AvgIpc) is 2.92. The van der Waals surface area contributed by atoms with E-state index in [2.05, 4.69) is 5.32 Å². The molecule has 1 aliphatic heterocycles. The van der Waals surface area contributed by atoms with Gasteiger partial charge in [0, 0.05) is 23.4 Å². The van der Waals surface area contributed by atoms with Gasteiger partial charge in [0.25, 0.3) is 10.0 Å². The van der Waals surface area contributed by atoms with Crippen LogP contribution in [-0.4, -0.2) is 20.9 Å². The lowest BCUT2D eigenvalue weighted by atomic mass is 10.1. The lowest BCUT2D eigenvalue weighted by molar-refractivity contribution is -0.137. The fraction of sp³-hybridized carbons (Fsp3) is 0.190. The zero-order valence-electron chi connectivity index (χ0n) is 15.9. The summed E-state index contributed by atoms with van der Waals surface area (Å²) in [6, 6.07) is 13.4. The van der Waals surface area contributed by atoms with Crippen molar-refractivity contribution in [3.8, 4) is 0 Å². The van der Waals surface area contributed by atoms with Crippen molar-refractivity contribution in [2.75, 3.05) is 16.2 Å². The highest BCUT2D eigenvalue weighted by molar-refractivity contribution is 7.93. The summed E-state index contributed by atoms with van der Waals surface area (Å²) in [7, 11) is -3.75. The largest absolute Gasteiger partial charge is 0.418 e. The number of nitrogens with one attached hydrogen (secondary N) is 1. The Hall–Kier alpha value is -2.78. The molecule has 10 heteroatoms. The molecular formula is C21H16ClF3N2O3S. The quantitative estimate of drug-likeness (QED) is 0.542. The maximum Gasteiger partial charge on any atom is 0.418 e. The third-order valence-corrected chi connectivity index (χ3v) is 7.10. The Morgan fingerprint density at radius 3 is 2.48 bits per heavy atom. The molecule has 1 amide bonds. The van der Waals surface area contributed by atoms with Crippen molar-refractivity contribution in [3.05, 3.63) is 65.2 Å². The number of amides is 1. The Balaban J connectivity index is 1.47. The second-order valence-corrected chi connectivity index (χ2v) is 9.32. The Bertz CT molecular complexity index is 1290. The Morgan fingerprint density at radius 1 is 1.06 bits per heavy atom. The van der Waals surface area contributed by atoms with Gasteiger partial charge in [0.05, 0.1) is 21.8 Å². The highest BCUT2D eigenvalue weighted by Gasteiger charge is 2.36. The topological polar surface area (TPSA) is 66.5 Å². The number of carbonyl (C=O) groups is 1. The summed E-state index contributed by atoms with van der Waals surface area (Å²) < 4.78 is 66.6. The molecule has 3 aromatic carbocycles. The molecule has 0 spiro atoms. The molecule has 0 radical (unpaired) electrons. The number of carbonyl (C=O) groups excluding carboxylic acids is 1. The minimum Gasteiger partial charge on any atom is -0.326 e. The molecule has 0 bridgehead atoms. The number of nitrogens with zero attached hydrogens (tertiary/aromatic N) is 1. The van der Waals surface area contributed by atoms with Crippen molar-refractivity contribution >= 4 is 49.7 Å². The number of benzene rings is 3. The minimum atomic E-state index is -4.68. The third-order valence-electron chi connectivity index (χ3n) is 5.01. The molecule has 1 aliphatic rings. The Labute approximate surface area is 181 Å². The molecule has 1 N–H and O–H groups in total. The number of sulfonamides is 1. The third kappa shape index (κ3) is 3.95. The van der Waals surface area contributed by atoms with Crippen LogP contribution in [0.25, 0.3) is 10.8 Å². The fourth-order valence-corrected chi connectivity index (χ4v) is 5.58. The minimum absolute atomic E-state index is 0.0241. The number of hydrogen-bond acceptors (Lipinski definition) is 3. The van der Waals surface area contributed by atoms with Crippen LogP contribution in [0.4, 0.5) is 24.5 Å². The molecular weight excluding hydrogens is 453 g/mol. The van der Waals surface area contributed by atoms with E-state index in [0.29, 0.717) is 11.1 Å². The van der Waals surface area contributed by atoms with Crippen LogP contribution in [0.2, 0.25) is 5.02 Å². The lowest BCUT2D eigenvalue weighted by Crippen LogP contribution is -2.29. The zero-order valence-corrected chi connectivity index (χ0v) is 17.5. The van der Waals surface area contributed by atoms with Crippen LogP contribution < -0.4 is 9.62 Å². The molecule has 162 valence electrons. The monoisotopic (exact) mass is 468 g/mol. The molecule has 0 atom stereocenters. The summed E-state index contributed by atoms with van der Waals surface area (Å²) in [6.07, 6.45) is -4.70. The summed E-state index contributed by atoms with van der Waals surface area (Å²) in [6.45, 7) is 0.0241. The molecule has 0 aliphatic carbocycles. The van der Waals surface area contributed by atoms with E-state index in [0.717, 1.165) is 17.5 Å². The number of hydrogen-bond donors (Lipinski definition) is 1. The second kappa shape index (κ2) is 7.72. The molecule has 0 unspecified atom stereocenters. The summed E-state index contributed by atoms with van der Waals surface area (Å²) in [5.74, 6) is -0.653. The standard InChI is InChI=1S/C21H16ClF3N2O3S/c22-14-9-10-16(15(12-14)21(23,24)25)26-19(28)8-3-11-27-17-6-1-4-13-5-2-7-18(20(13)17)31(27,29)30/h1-2,4-7,9-10,12H,3,8,11H2,(H,26,28). The van der Waals surface area contributed by atoms with Gasteiger partial charge < -0.3 is 5.32 Å². The highest BCUT2D eigenvalue weighted by atomic mass is 35.5. The van der Waals surface area contributed by atoms with E-state index in [9.17, 15) is 26.4 Å². The van der Waals surface area contributed by atoms with E-state index in [-0.39, 0.29) is 29.3 Å². The molecule has 5 nitrogen and oxygen atoms in total. The maximum atomic E-state index is 13.2. The SMILES string of the molecule is O=C(CCCN1c2cccc3cccc(c23)S1(=O)=O)Nc1ccc(Cl)cc1C(F)(F)F. The summed E-state index contributed by atoms with van der Waals surface area (Å²) in [4.78, 5) is 12.5. The molecule has 0 fully saturated rings. The first-order chi connectivity index (χ1) is 14.6. The fourth-order valence-electron chi connectivity index (χ4n) is 3.65. The van der Waals surface area contributed by atoms with Crippen LogP contribution in [0, 0.1) is 0 Å². The smallest absolute Gasteiger partial charge is 0.326 e. The molecule has 31 heavy (non-hydrogen) atoms. The molecule has 0 saturated carbocycles. The molecule has 0 aromatic heterocycles. The van der Waals surface area contributed by atoms with E-state index in [4.69, 9.17) is 11.6 Å². The van der Waals surface area contributed by atoms with E-state index in [1.54, 1.807) is 18.2 Å². The van der Waals surface area contributed by atoms with Crippen molar-refractivity contribution in [1.29, 1.82) is 0 Å². The van der Waals surface area contributed by atoms with Crippen molar-refractivity contribution in [2.45, 2.75) is 23.9 Å². The summed E-state index contributed by atoms with van der Waals surface area (Å²) in [5.41, 5.74) is -0.906. The number of rotatable bonds is 5. The second-order valence-electron chi connectivity index (χ2n) is 7.05.